The van der Waals surface area contributed by atoms with Gasteiger partial charge in [-0.2, -0.15) is 0 Å². The minimum absolute atomic E-state index is 0.201. The monoisotopic (exact) mass is 290 g/mol. The van der Waals surface area contributed by atoms with Gasteiger partial charge in [0.25, 0.3) is 0 Å². The highest BCUT2D eigenvalue weighted by molar-refractivity contribution is 9.10. The summed E-state index contributed by atoms with van der Waals surface area (Å²) in [5.74, 6) is 0.403. The van der Waals surface area contributed by atoms with E-state index in [0.717, 1.165) is 19.3 Å². The van der Waals surface area contributed by atoms with Crippen LogP contribution in [0, 0.1) is 0 Å². The number of halogens is 1. The van der Waals surface area contributed by atoms with E-state index >= 15 is 0 Å². The predicted molar refractivity (Wildman–Crippen MR) is 64.4 cm³/mol. The third-order valence-corrected chi connectivity index (χ3v) is 2.36. The lowest BCUT2D eigenvalue weighted by atomic mass is 10.2. The summed E-state index contributed by atoms with van der Waals surface area (Å²) in [7, 11) is 0. The van der Waals surface area contributed by atoms with Gasteiger partial charge in [0, 0.05) is 19.2 Å². The molecule has 1 heterocycles. The van der Waals surface area contributed by atoms with Gasteiger partial charge in [0.05, 0.1) is 0 Å². The number of carbonyl (C=O) groups is 1. The lowest BCUT2D eigenvalue weighted by Gasteiger charge is -2.04. The molecule has 0 aliphatic rings. The molecular formula is C10H15BrN2O3. The van der Waals surface area contributed by atoms with Gasteiger partial charge in [-0.05, 0) is 41.3 Å². The fraction of sp³-hybridized carbons (Fsp3) is 0.500. The lowest BCUT2D eigenvalue weighted by Crippen LogP contribution is -2.29. The maximum atomic E-state index is 11.3. The third kappa shape index (κ3) is 5.18. The SMILES string of the molecule is O=C(NCCCCCO)Nc1ccc(Br)o1. The zero-order valence-electron chi connectivity index (χ0n) is 8.83. The number of nitrogens with one attached hydrogen (secondary N) is 2. The molecule has 16 heavy (non-hydrogen) atoms. The number of urea groups is 1. The Balaban J connectivity index is 2.11. The van der Waals surface area contributed by atoms with Crippen LogP contribution >= 0.6 is 15.9 Å². The topological polar surface area (TPSA) is 74.5 Å². The molecule has 0 bridgehead atoms. The summed E-state index contributed by atoms with van der Waals surface area (Å²) in [5, 5.41) is 13.8. The molecule has 1 aromatic rings. The van der Waals surface area contributed by atoms with Crippen LogP contribution in [0.4, 0.5) is 10.7 Å². The Morgan fingerprint density at radius 3 is 2.81 bits per heavy atom. The van der Waals surface area contributed by atoms with E-state index in [1.54, 1.807) is 12.1 Å². The molecule has 0 aliphatic heterocycles. The molecule has 90 valence electrons. The second kappa shape index (κ2) is 7.29. The zero-order chi connectivity index (χ0) is 11.8. The lowest BCUT2D eigenvalue weighted by molar-refractivity contribution is 0.251. The summed E-state index contributed by atoms with van der Waals surface area (Å²) in [6, 6.07) is 3.08. The van der Waals surface area contributed by atoms with Gasteiger partial charge in [-0.15, -0.1) is 0 Å². The average molecular weight is 291 g/mol. The quantitative estimate of drug-likeness (QED) is 0.704. The summed E-state index contributed by atoms with van der Waals surface area (Å²) in [6.07, 6.45) is 2.54. The number of carbonyl (C=O) groups excluding carboxylic acids is 1. The largest absolute Gasteiger partial charge is 0.434 e. The predicted octanol–water partition coefficient (Wildman–Crippen LogP) is 2.33. The summed E-state index contributed by atoms with van der Waals surface area (Å²) in [4.78, 5) is 11.3. The smallest absolute Gasteiger partial charge is 0.321 e. The van der Waals surface area contributed by atoms with Crippen molar-refractivity contribution in [2.45, 2.75) is 19.3 Å². The number of anilines is 1. The minimum Gasteiger partial charge on any atom is -0.434 e. The van der Waals surface area contributed by atoms with Crippen molar-refractivity contribution in [1.29, 1.82) is 0 Å². The highest BCUT2D eigenvalue weighted by Gasteiger charge is 2.03. The first-order valence-electron chi connectivity index (χ1n) is 5.13. The molecule has 2 amide bonds. The van der Waals surface area contributed by atoms with Crippen LogP contribution in [-0.2, 0) is 0 Å². The van der Waals surface area contributed by atoms with E-state index in [2.05, 4.69) is 26.6 Å². The Morgan fingerprint density at radius 2 is 2.19 bits per heavy atom. The first-order chi connectivity index (χ1) is 7.72. The van der Waals surface area contributed by atoms with Crippen LogP contribution in [0.1, 0.15) is 19.3 Å². The Bertz CT molecular complexity index is 328. The molecule has 0 saturated heterocycles. The van der Waals surface area contributed by atoms with Crippen LogP contribution in [0.5, 0.6) is 0 Å². The van der Waals surface area contributed by atoms with E-state index in [9.17, 15) is 4.79 Å². The third-order valence-electron chi connectivity index (χ3n) is 1.93. The number of aliphatic hydroxyl groups excluding tert-OH is 1. The molecule has 0 atom stereocenters. The molecule has 0 saturated carbocycles. The molecule has 0 fully saturated rings. The Hall–Kier alpha value is -1.01. The van der Waals surface area contributed by atoms with Crippen molar-refractivity contribution in [1.82, 2.24) is 5.32 Å². The van der Waals surface area contributed by atoms with Crippen molar-refractivity contribution in [3.05, 3.63) is 16.8 Å². The van der Waals surface area contributed by atoms with Crippen LogP contribution in [0.15, 0.2) is 21.2 Å². The molecule has 5 nitrogen and oxygen atoms in total. The Morgan fingerprint density at radius 1 is 1.38 bits per heavy atom. The number of unbranched alkanes of at least 4 members (excludes halogenated alkanes) is 2. The van der Waals surface area contributed by atoms with Crippen molar-refractivity contribution >= 4 is 27.8 Å². The Kier molecular flexibility index (Phi) is 5.95. The summed E-state index contributed by atoms with van der Waals surface area (Å²) in [5.41, 5.74) is 0. The number of furan rings is 1. The second-order valence-electron chi connectivity index (χ2n) is 3.27. The van der Waals surface area contributed by atoms with Crippen molar-refractivity contribution in [3.8, 4) is 0 Å². The van der Waals surface area contributed by atoms with Gasteiger partial charge in [0.2, 0.25) is 5.88 Å². The van der Waals surface area contributed by atoms with Crippen LogP contribution in [0.2, 0.25) is 0 Å². The van der Waals surface area contributed by atoms with Crippen molar-refractivity contribution < 1.29 is 14.3 Å². The number of hydrogen-bond acceptors (Lipinski definition) is 3. The summed E-state index contributed by atoms with van der Waals surface area (Å²) in [6.45, 7) is 0.792. The first kappa shape index (κ1) is 13.1. The molecule has 3 N–H and O–H groups in total. The van der Waals surface area contributed by atoms with E-state index in [-0.39, 0.29) is 12.6 Å². The van der Waals surface area contributed by atoms with Crippen molar-refractivity contribution in [2.24, 2.45) is 0 Å². The molecule has 1 rings (SSSR count). The number of aliphatic hydroxyl groups is 1. The van der Waals surface area contributed by atoms with E-state index < -0.39 is 0 Å². The molecule has 0 aliphatic carbocycles. The Labute approximate surface area is 102 Å². The van der Waals surface area contributed by atoms with Gasteiger partial charge in [-0.25, -0.2) is 4.79 Å². The van der Waals surface area contributed by atoms with Crippen LogP contribution in [-0.4, -0.2) is 24.3 Å². The van der Waals surface area contributed by atoms with E-state index in [1.807, 2.05) is 0 Å². The van der Waals surface area contributed by atoms with Gasteiger partial charge in [-0.3, -0.25) is 5.32 Å². The standard InChI is InChI=1S/C10H15BrN2O3/c11-8-4-5-9(16-8)13-10(15)12-6-2-1-3-7-14/h4-5,14H,1-3,6-7H2,(H2,12,13,15). The number of rotatable bonds is 6. The maximum Gasteiger partial charge on any atom is 0.321 e. The molecular weight excluding hydrogens is 276 g/mol. The molecule has 0 radical (unpaired) electrons. The highest BCUT2D eigenvalue weighted by Crippen LogP contribution is 2.17. The van der Waals surface area contributed by atoms with Gasteiger partial charge < -0.3 is 14.8 Å². The molecule has 0 unspecified atom stereocenters. The number of amides is 2. The van der Waals surface area contributed by atoms with E-state index in [0.29, 0.717) is 17.1 Å². The van der Waals surface area contributed by atoms with Crippen molar-refractivity contribution in [2.75, 3.05) is 18.5 Å². The summed E-state index contributed by atoms with van der Waals surface area (Å²) < 4.78 is 5.69. The normalized spacial score (nSPS) is 10.1. The fourth-order valence-corrected chi connectivity index (χ4v) is 1.46. The van der Waals surface area contributed by atoms with Crippen LogP contribution in [0.3, 0.4) is 0 Å². The zero-order valence-corrected chi connectivity index (χ0v) is 10.4. The van der Waals surface area contributed by atoms with Crippen molar-refractivity contribution in [3.63, 3.8) is 0 Å². The molecule has 1 aromatic heterocycles. The average Bonchev–Trinajstić information content (AvgIpc) is 2.63. The fourth-order valence-electron chi connectivity index (χ4n) is 1.15. The van der Waals surface area contributed by atoms with Gasteiger partial charge >= 0.3 is 6.03 Å². The van der Waals surface area contributed by atoms with Crippen LogP contribution < -0.4 is 10.6 Å². The van der Waals surface area contributed by atoms with Gasteiger partial charge in [0.1, 0.15) is 0 Å². The van der Waals surface area contributed by atoms with E-state index in [1.165, 1.54) is 0 Å². The highest BCUT2D eigenvalue weighted by atomic mass is 79.9. The van der Waals surface area contributed by atoms with Crippen LogP contribution in [0.25, 0.3) is 0 Å². The maximum absolute atomic E-state index is 11.3. The second-order valence-corrected chi connectivity index (χ2v) is 4.05. The minimum atomic E-state index is -0.286. The van der Waals surface area contributed by atoms with Gasteiger partial charge in [-0.1, -0.05) is 0 Å². The van der Waals surface area contributed by atoms with E-state index in [4.69, 9.17) is 9.52 Å². The number of hydrogen-bond donors (Lipinski definition) is 3. The first-order valence-corrected chi connectivity index (χ1v) is 5.92. The van der Waals surface area contributed by atoms with Gasteiger partial charge in [0.15, 0.2) is 4.67 Å². The summed E-state index contributed by atoms with van der Waals surface area (Å²) >= 11 is 3.14. The molecule has 6 heteroatoms. The molecule has 0 aromatic carbocycles. The molecule has 0 spiro atoms.